The maximum absolute atomic E-state index is 6.56. The largest absolute Gasteiger partial charge is 0.455 e. The minimum Gasteiger partial charge on any atom is -0.455 e. The molecule has 0 spiro atoms. The molecule has 0 bridgehead atoms. The molecule has 4 heteroatoms. The molecule has 1 unspecified atom stereocenters. The van der Waals surface area contributed by atoms with Crippen LogP contribution in [-0.2, 0) is 0 Å². The Kier molecular flexibility index (Phi) is 7.17. The van der Waals surface area contributed by atoms with Crippen molar-refractivity contribution in [2.45, 2.75) is 6.17 Å². The minimum atomic E-state index is -0.406. The fourth-order valence-electron chi connectivity index (χ4n) is 6.77. The predicted molar refractivity (Wildman–Crippen MR) is 202 cm³/mol. The molecule has 8 aromatic rings. The Morgan fingerprint density at radius 3 is 1.78 bits per heavy atom. The van der Waals surface area contributed by atoms with E-state index in [9.17, 15) is 0 Å². The van der Waals surface area contributed by atoms with Crippen molar-refractivity contribution in [3.05, 3.63) is 193 Å². The van der Waals surface area contributed by atoms with Crippen LogP contribution in [0.3, 0.4) is 0 Å². The van der Waals surface area contributed by atoms with Crippen LogP contribution in [0.5, 0.6) is 0 Å². The first-order chi connectivity index (χ1) is 24.3. The number of amidine groups is 2. The fourth-order valence-corrected chi connectivity index (χ4v) is 6.77. The monoisotopic (exact) mass is 629 g/mol. The summed E-state index contributed by atoms with van der Waals surface area (Å²) in [5, 5.41) is 5.78. The van der Waals surface area contributed by atoms with E-state index < -0.39 is 6.17 Å². The van der Waals surface area contributed by atoms with Crippen LogP contribution in [0, 0.1) is 0 Å². The number of para-hydroxylation sites is 1. The van der Waals surface area contributed by atoms with E-state index in [1.54, 1.807) is 0 Å². The summed E-state index contributed by atoms with van der Waals surface area (Å²) >= 11 is 0. The third-order valence-electron chi connectivity index (χ3n) is 9.13. The van der Waals surface area contributed by atoms with E-state index in [-0.39, 0.29) is 0 Å². The van der Waals surface area contributed by atoms with E-state index in [1.165, 1.54) is 5.56 Å². The third-order valence-corrected chi connectivity index (χ3v) is 9.13. The lowest BCUT2D eigenvalue weighted by Gasteiger charge is -2.23. The van der Waals surface area contributed by atoms with Crippen molar-refractivity contribution in [1.82, 2.24) is 5.32 Å². The molecule has 0 aliphatic carbocycles. The van der Waals surface area contributed by atoms with Crippen LogP contribution in [0.25, 0.3) is 55.3 Å². The molecule has 1 aliphatic heterocycles. The van der Waals surface area contributed by atoms with Crippen molar-refractivity contribution in [2.75, 3.05) is 0 Å². The topological polar surface area (TPSA) is 49.9 Å². The summed E-state index contributed by atoms with van der Waals surface area (Å²) in [6, 6.07) is 60.9. The lowest BCUT2D eigenvalue weighted by molar-refractivity contribution is 0.670. The summed E-state index contributed by atoms with van der Waals surface area (Å²) in [4.78, 5) is 10.3. The maximum atomic E-state index is 6.56. The Hall–Kier alpha value is -6.52. The Morgan fingerprint density at radius 2 is 1.00 bits per heavy atom. The molecular weight excluding hydrogens is 599 g/mol. The highest BCUT2D eigenvalue weighted by molar-refractivity contribution is 6.18. The number of hydrogen-bond donors (Lipinski definition) is 1. The van der Waals surface area contributed by atoms with Crippen LogP contribution in [-0.4, -0.2) is 11.7 Å². The van der Waals surface area contributed by atoms with E-state index in [4.69, 9.17) is 14.4 Å². The molecule has 9 rings (SSSR count). The molecule has 4 nitrogen and oxygen atoms in total. The summed E-state index contributed by atoms with van der Waals surface area (Å²) in [7, 11) is 0. The SMILES string of the molecule is c1ccc(C2=NC(c3cccc(-c4ccccc4)c3)N=C(c3cccc(-c4cccc5oc6c(-c7ccccc7)cccc6c45)c3)N2)cc1. The summed E-state index contributed by atoms with van der Waals surface area (Å²) in [6.45, 7) is 0. The van der Waals surface area contributed by atoms with Gasteiger partial charge in [-0.1, -0.05) is 158 Å². The molecule has 0 radical (unpaired) electrons. The van der Waals surface area contributed by atoms with E-state index in [0.29, 0.717) is 0 Å². The van der Waals surface area contributed by atoms with Crippen molar-refractivity contribution in [2.24, 2.45) is 9.98 Å². The van der Waals surface area contributed by atoms with Crippen molar-refractivity contribution < 1.29 is 4.42 Å². The predicted octanol–water partition coefficient (Wildman–Crippen LogP) is 11.1. The number of benzene rings is 7. The van der Waals surface area contributed by atoms with Gasteiger partial charge >= 0.3 is 0 Å². The van der Waals surface area contributed by atoms with Crippen LogP contribution in [0.1, 0.15) is 22.9 Å². The van der Waals surface area contributed by atoms with Crippen molar-refractivity contribution in [1.29, 1.82) is 0 Å². The van der Waals surface area contributed by atoms with Gasteiger partial charge < -0.3 is 9.73 Å². The van der Waals surface area contributed by atoms with Gasteiger partial charge in [-0.05, 0) is 51.6 Å². The van der Waals surface area contributed by atoms with E-state index in [2.05, 4.69) is 151 Å². The van der Waals surface area contributed by atoms with E-state index in [0.717, 1.165) is 78.1 Å². The van der Waals surface area contributed by atoms with Gasteiger partial charge in [0.05, 0.1) is 0 Å². The molecule has 49 heavy (non-hydrogen) atoms. The van der Waals surface area contributed by atoms with Gasteiger partial charge in [-0.15, -0.1) is 0 Å². The fraction of sp³-hybridized carbons (Fsp3) is 0.0222. The number of furan rings is 1. The molecule has 0 saturated carbocycles. The number of fused-ring (bicyclic) bond motifs is 3. The average Bonchev–Trinajstić information content (AvgIpc) is 3.58. The number of aliphatic imine (C=N–C) groups is 2. The van der Waals surface area contributed by atoms with Crippen molar-refractivity contribution >= 4 is 33.6 Å². The summed E-state index contributed by atoms with van der Waals surface area (Å²) in [5.41, 5.74) is 11.5. The normalized spacial score (nSPS) is 14.3. The van der Waals surface area contributed by atoms with Crippen LogP contribution < -0.4 is 5.32 Å². The summed E-state index contributed by atoms with van der Waals surface area (Å²) < 4.78 is 6.56. The van der Waals surface area contributed by atoms with Crippen LogP contribution in [0.15, 0.2) is 190 Å². The smallest absolute Gasteiger partial charge is 0.169 e. The molecule has 232 valence electrons. The standard InChI is InChI=1S/C45H31N3O/c1-4-14-30(15-5-1)33-20-10-22-35(28-33)44-46-43(32-18-8-3-9-19-32)47-45(48-44)36-23-11-21-34(29-36)37-24-13-27-40-41(37)39-26-12-25-38(42(39)49-40)31-16-6-2-7-17-31/h1-29,44H,(H,46,47,48). The minimum absolute atomic E-state index is 0.406. The Morgan fingerprint density at radius 1 is 0.429 bits per heavy atom. The molecule has 0 fully saturated rings. The zero-order valence-corrected chi connectivity index (χ0v) is 26.6. The molecule has 2 heterocycles. The second-order valence-electron chi connectivity index (χ2n) is 12.2. The number of hydrogen-bond acceptors (Lipinski definition) is 4. The summed E-state index contributed by atoms with van der Waals surface area (Å²) in [6.07, 6.45) is -0.406. The average molecular weight is 630 g/mol. The molecule has 1 N–H and O–H groups in total. The van der Waals surface area contributed by atoms with Crippen LogP contribution in [0.2, 0.25) is 0 Å². The van der Waals surface area contributed by atoms with Gasteiger partial charge in [-0.25, -0.2) is 9.98 Å². The van der Waals surface area contributed by atoms with Gasteiger partial charge in [-0.3, -0.25) is 0 Å². The molecule has 0 saturated heterocycles. The number of rotatable bonds is 6. The molecule has 1 aromatic heterocycles. The molecule has 0 amide bonds. The van der Waals surface area contributed by atoms with Gasteiger partial charge in [0.25, 0.3) is 0 Å². The van der Waals surface area contributed by atoms with Gasteiger partial charge in [0.1, 0.15) is 22.8 Å². The molecule has 7 aromatic carbocycles. The molecule has 1 aliphatic rings. The Bertz CT molecular complexity index is 2510. The highest BCUT2D eigenvalue weighted by Crippen LogP contribution is 2.40. The summed E-state index contributed by atoms with van der Waals surface area (Å²) in [5.74, 6) is 1.57. The van der Waals surface area contributed by atoms with E-state index >= 15 is 0 Å². The first-order valence-electron chi connectivity index (χ1n) is 16.5. The van der Waals surface area contributed by atoms with Crippen molar-refractivity contribution in [3.8, 4) is 33.4 Å². The van der Waals surface area contributed by atoms with Gasteiger partial charge in [0, 0.05) is 27.5 Å². The van der Waals surface area contributed by atoms with E-state index in [1.807, 2.05) is 30.3 Å². The quantitative estimate of drug-likeness (QED) is 0.199. The van der Waals surface area contributed by atoms with Gasteiger partial charge in [-0.2, -0.15) is 0 Å². The highest BCUT2D eigenvalue weighted by atomic mass is 16.3. The Balaban J connectivity index is 1.15. The zero-order chi connectivity index (χ0) is 32.6. The maximum Gasteiger partial charge on any atom is 0.169 e. The lowest BCUT2D eigenvalue weighted by atomic mass is 9.96. The molecule has 1 atom stereocenters. The first-order valence-corrected chi connectivity index (χ1v) is 16.5. The second kappa shape index (κ2) is 12.3. The lowest BCUT2D eigenvalue weighted by Crippen LogP contribution is -2.36. The Labute approximate surface area is 284 Å². The first kappa shape index (κ1) is 28.7. The van der Waals surface area contributed by atoms with Crippen LogP contribution in [0.4, 0.5) is 0 Å². The molecular formula is C45H31N3O. The van der Waals surface area contributed by atoms with Gasteiger partial charge in [0.15, 0.2) is 6.17 Å². The number of nitrogens with zero attached hydrogens (tertiary/aromatic N) is 2. The number of nitrogens with one attached hydrogen (secondary N) is 1. The van der Waals surface area contributed by atoms with Crippen LogP contribution >= 0.6 is 0 Å². The van der Waals surface area contributed by atoms with Crippen molar-refractivity contribution in [3.63, 3.8) is 0 Å². The highest BCUT2D eigenvalue weighted by Gasteiger charge is 2.22. The third kappa shape index (κ3) is 5.39. The van der Waals surface area contributed by atoms with Gasteiger partial charge in [0.2, 0.25) is 0 Å². The second-order valence-corrected chi connectivity index (χ2v) is 12.2. The zero-order valence-electron chi connectivity index (χ0n) is 26.6.